The van der Waals surface area contributed by atoms with Crippen molar-refractivity contribution < 1.29 is 14.6 Å². The van der Waals surface area contributed by atoms with Crippen molar-refractivity contribution in [3.05, 3.63) is 76.8 Å². The van der Waals surface area contributed by atoms with Crippen LogP contribution in [0.5, 0.6) is 5.75 Å². The number of halogens is 1. The van der Waals surface area contributed by atoms with E-state index in [0.717, 1.165) is 34.1 Å². The molecule has 0 amide bonds. The molecule has 0 bridgehead atoms. The second kappa shape index (κ2) is 8.44. The Balaban J connectivity index is 1.96. The number of carboxylic acids is 1. The van der Waals surface area contributed by atoms with E-state index >= 15 is 0 Å². The van der Waals surface area contributed by atoms with E-state index in [0.29, 0.717) is 24.6 Å². The van der Waals surface area contributed by atoms with Gasteiger partial charge >= 0.3 is 5.97 Å². The van der Waals surface area contributed by atoms with Gasteiger partial charge in [-0.15, -0.1) is 0 Å². The van der Waals surface area contributed by atoms with Crippen molar-refractivity contribution in [2.24, 2.45) is 0 Å². The smallest absolute Gasteiger partial charge is 0.320 e. The lowest BCUT2D eigenvalue weighted by atomic mass is 9.91. The first-order valence-corrected chi connectivity index (χ1v) is 10.4. The summed E-state index contributed by atoms with van der Waals surface area (Å²) in [6, 6.07) is 19.2. The summed E-state index contributed by atoms with van der Waals surface area (Å²) >= 11 is 6.38. The topological polar surface area (TPSA) is 49.8 Å². The normalized spacial score (nSPS) is 18.1. The molecule has 4 nitrogen and oxygen atoms in total. The first-order valence-electron chi connectivity index (χ1n) is 9.98. The van der Waals surface area contributed by atoms with Crippen LogP contribution in [0.3, 0.4) is 0 Å². The summed E-state index contributed by atoms with van der Waals surface area (Å²) < 4.78 is 5.93. The molecule has 1 aliphatic rings. The Morgan fingerprint density at radius 3 is 2.76 bits per heavy atom. The molecule has 1 heterocycles. The molecule has 150 valence electrons. The minimum atomic E-state index is -0.785. The lowest BCUT2D eigenvalue weighted by Crippen LogP contribution is -2.39. The number of carboxylic acid groups (broad SMARTS) is 1. The molecule has 2 unspecified atom stereocenters. The molecule has 0 aromatic heterocycles. The van der Waals surface area contributed by atoms with Crippen LogP contribution in [0.15, 0.2) is 60.7 Å². The highest BCUT2D eigenvalue weighted by Gasteiger charge is 2.38. The fourth-order valence-electron chi connectivity index (χ4n) is 4.40. The van der Waals surface area contributed by atoms with Crippen molar-refractivity contribution in [2.45, 2.75) is 31.8 Å². The molecule has 0 radical (unpaired) electrons. The van der Waals surface area contributed by atoms with Gasteiger partial charge in [0.25, 0.3) is 0 Å². The van der Waals surface area contributed by atoms with Crippen molar-refractivity contribution >= 4 is 28.3 Å². The summed E-state index contributed by atoms with van der Waals surface area (Å²) in [6.07, 6.45) is 1.49. The Morgan fingerprint density at radius 2 is 1.97 bits per heavy atom. The van der Waals surface area contributed by atoms with Crippen molar-refractivity contribution in [2.75, 3.05) is 13.2 Å². The van der Waals surface area contributed by atoms with E-state index in [-0.39, 0.29) is 6.04 Å². The molecule has 1 saturated heterocycles. The van der Waals surface area contributed by atoms with Crippen LogP contribution in [0.2, 0.25) is 5.02 Å². The van der Waals surface area contributed by atoms with Gasteiger partial charge in [-0.05, 0) is 54.3 Å². The summed E-state index contributed by atoms with van der Waals surface area (Å²) in [5, 5.41) is 12.7. The third kappa shape index (κ3) is 3.83. The lowest BCUT2D eigenvalue weighted by Gasteiger charge is -2.33. The van der Waals surface area contributed by atoms with Gasteiger partial charge in [-0.25, -0.2) is 0 Å². The number of ether oxygens (including phenoxy) is 1. The number of benzene rings is 3. The molecule has 2 atom stereocenters. The fraction of sp³-hybridized carbons (Fsp3) is 0.292. The second-order valence-corrected chi connectivity index (χ2v) is 7.76. The third-order valence-corrected chi connectivity index (χ3v) is 5.83. The van der Waals surface area contributed by atoms with Crippen LogP contribution in [0, 0.1) is 0 Å². The van der Waals surface area contributed by atoms with E-state index in [1.54, 1.807) is 0 Å². The van der Waals surface area contributed by atoms with Gasteiger partial charge in [0.2, 0.25) is 0 Å². The summed E-state index contributed by atoms with van der Waals surface area (Å²) in [7, 11) is 0. The quantitative estimate of drug-likeness (QED) is 0.581. The molecule has 4 rings (SSSR count). The third-order valence-electron chi connectivity index (χ3n) is 5.60. The van der Waals surface area contributed by atoms with Gasteiger partial charge in [0, 0.05) is 17.1 Å². The molecule has 0 aliphatic carbocycles. The molecule has 5 heteroatoms. The van der Waals surface area contributed by atoms with Gasteiger partial charge in [-0.1, -0.05) is 54.1 Å². The first-order chi connectivity index (χ1) is 14.1. The van der Waals surface area contributed by atoms with Gasteiger partial charge in [-0.3, -0.25) is 9.69 Å². The highest BCUT2D eigenvalue weighted by atomic mass is 35.5. The molecule has 0 saturated carbocycles. The largest absolute Gasteiger partial charge is 0.494 e. The van der Waals surface area contributed by atoms with Gasteiger partial charge in [-0.2, -0.15) is 0 Å². The van der Waals surface area contributed by atoms with Crippen LogP contribution in [-0.2, 0) is 4.79 Å². The molecule has 0 spiro atoms. The van der Waals surface area contributed by atoms with E-state index in [1.165, 1.54) is 0 Å². The molecule has 3 aromatic carbocycles. The fourth-order valence-corrected chi connectivity index (χ4v) is 4.58. The van der Waals surface area contributed by atoms with Crippen LogP contribution in [0.1, 0.15) is 36.9 Å². The van der Waals surface area contributed by atoms with Crippen LogP contribution in [0.25, 0.3) is 10.8 Å². The van der Waals surface area contributed by atoms with Crippen LogP contribution in [0.4, 0.5) is 0 Å². The Morgan fingerprint density at radius 1 is 1.17 bits per heavy atom. The number of likely N-dealkylation sites (tertiary alicyclic amines) is 1. The molecule has 1 aliphatic heterocycles. The number of hydrogen-bond acceptors (Lipinski definition) is 3. The molecule has 29 heavy (non-hydrogen) atoms. The van der Waals surface area contributed by atoms with Gasteiger partial charge < -0.3 is 9.84 Å². The van der Waals surface area contributed by atoms with E-state index in [2.05, 4.69) is 29.2 Å². The van der Waals surface area contributed by atoms with E-state index in [1.807, 2.05) is 43.3 Å². The minimum absolute atomic E-state index is 0.259. The van der Waals surface area contributed by atoms with Crippen LogP contribution >= 0.6 is 11.6 Å². The Bertz CT molecular complexity index is 1030. The van der Waals surface area contributed by atoms with E-state index in [4.69, 9.17) is 16.3 Å². The maximum absolute atomic E-state index is 12.0. The predicted molar refractivity (Wildman–Crippen MR) is 116 cm³/mol. The maximum Gasteiger partial charge on any atom is 0.320 e. The van der Waals surface area contributed by atoms with Crippen molar-refractivity contribution in [3.63, 3.8) is 0 Å². The molecule has 3 aromatic rings. The molecular formula is C24H24ClNO3. The highest BCUT2D eigenvalue weighted by Crippen LogP contribution is 2.42. The summed E-state index contributed by atoms with van der Waals surface area (Å²) in [5.41, 5.74) is 1.98. The predicted octanol–water partition coefficient (Wildman–Crippen LogP) is 5.53. The average Bonchev–Trinajstić information content (AvgIpc) is 3.20. The van der Waals surface area contributed by atoms with Gasteiger partial charge in [0.15, 0.2) is 0 Å². The lowest BCUT2D eigenvalue weighted by molar-refractivity contribution is -0.142. The highest BCUT2D eigenvalue weighted by molar-refractivity contribution is 6.30. The molecule has 1 fully saturated rings. The minimum Gasteiger partial charge on any atom is -0.494 e. The summed E-state index contributed by atoms with van der Waals surface area (Å²) in [4.78, 5) is 14.1. The average molecular weight is 410 g/mol. The second-order valence-electron chi connectivity index (χ2n) is 7.32. The zero-order valence-corrected chi connectivity index (χ0v) is 17.1. The van der Waals surface area contributed by atoms with Crippen molar-refractivity contribution in [3.8, 4) is 5.75 Å². The molecule has 1 N–H and O–H groups in total. The number of rotatable bonds is 6. The number of fused-ring (bicyclic) bond motifs is 1. The van der Waals surface area contributed by atoms with Gasteiger partial charge in [0.05, 0.1) is 12.6 Å². The van der Waals surface area contributed by atoms with E-state index in [9.17, 15) is 9.90 Å². The van der Waals surface area contributed by atoms with Gasteiger partial charge in [0.1, 0.15) is 11.8 Å². The zero-order valence-electron chi connectivity index (χ0n) is 16.3. The standard InChI is InChI=1S/C24H24ClNO3/c1-2-29-22-13-12-17(25)15-20(22)23(26-14-6-11-21(26)24(27)28)19-10-5-8-16-7-3-4-9-18(16)19/h3-5,7-10,12-13,15,21,23H,2,6,11,14H2,1H3,(H,27,28). The van der Waals surface area contributed by atoms with Crippen LogP contribution < -0.4 is 4.74 Å². The van der Waals surface area contributed by atoms with Crippen molar-refractivity contribution in [1.29, 1.82) is 0 Å². The van der Waals surface area contributed by atoms with Crippen LogP contribution in [-0.4, -0.2) is 35.2 Å². The summed E-state index contributed by atoms with van der Waals surface area (Å²) in [5.74, 6) is -0.0430. The zero-order chi connectivity index (χ0) is 20.4. The molecular weight excluding hydrogens is 386 g/mol. The maximum atomic E-state index is 12.0. The number of hydrogen-bond donors (Lipinski definition) is 1. The Hall–Kier alpha value is -2.56. The number of carbonyl (C=O) groups is 1. The number of aliphatic carboxylic acids is 1. The Labute approximate surface area is 175 Å². The monoisotopic (exact) mass is 409 g/mol. The first kappa shape index (κ1) is 19.7. The number of nitrogens with zero attached hydrogens (tertiary/aromatic N) is 1. The van der Waals surface area contributed by atoms with E-state index < -0.39 is 12.0 Å². The SMILES string of the molecule is CCOc1ccc(Cl)cc1C(c1cccc2ccccc12)N1CCCC1C(=O)O. The van der Waals surface area contributed by atoms with Crippen molar-refractivity contribution in [1.82, 2.24) is 4.90 Å². The Kier molecular flexibility index (Phi) is 5.74. The summed E-state index contributed by atoms with van der Waals surface area (Å²) in [6.45, 7) is 3.18.